The minimum Gasteiger partial charge on any atom is -0.494 e. The summed E-state index contributed by atoms with van der Waals surface area (Å²) in [7, 11) is 0. The Balaban J connectivity index is 1.98. The maximum Gasteiger partial charge on any atom is 0.251 e. The highest BCUT2D eigenvalue weighted by Gasteiger charge is 2.25. The standard InChI is InChI=1S/C20H27N3O4/c1-6-26-16-9-7-15(8-10-16)19(24)23-18(12(2)3)20(25)21-11-17-22-13(4)14(5)27-17/h7-10,12,18H,6,11H2,1-5H3,(H,21,25)(H,23,24). The number of ether oxygens (including phenoxy) is 1. The number of aromatic nitrogens is 1. The molecule has 0 radical (unpaired) electrons. The molecule has 7 heteroatoms. The molecular formula is C20H27N3O4. The first-order chi connectivity index (χ1) is 12.8. The Morgan fingerprint density at radius 1 is 1.19 bits per heavy atom. The van der Waals surface area contributed by atoms with E-state index in [2.05, 4.69) is 15.6 Å². The third kappa shape index (κ3) is 5.57. The Labute approximate surface area is 159 Å². The second-order valence-electron chi connectivity index (χ2n) is 6.62. The topological polar surface area (TPSA) is 93.5 Å². The van der Waals surface area contributed by atoms with Crippen LogP contribution in [-0.2, 0) is 11.3 Å². The molecule has 1 atom stereocenters. The first-order valence-electron chi connectivity index (χ1n) is 9.06. The average Bonchev–Trinajstić information content (AvgIpc) is 2.96. The average molecular weight is 373 g/mol. The maximum absolute atomic E-state index is 12.5. The number of nitrogens with zero attached hydrogens (tertiary/aromatic N) is 1. The molecule has 2 N–H and O–H groups in total. The lowest BCUT2D eigenvalue weighted by atomic mass is 10.0. The first kappa shape index (κ1) is 20.5. The van der Waals surface area contributed by atoms with Gasteiger partial charge >= 0.3 is 0 Å². The van der Waals surface area contributed by atoms with Gasteiger partial charge in [0.15, 0.2) is 0 Å². The van der Waals surface area contributed by atoms with Crippen LogP contribution in [0.1, 0.15) is 48.5 Å². The van der Waals surface area contributed by atoms with Crippen molar-refractivity contribution in [2.75, 3.05) is 6.61 Å². The quantitative estimate of drug-likeness (QED) is 0.742. The molecule has 0 saturated carbocycles. The number of oxazole rings is 1. The van der Waals surface area contributed by atoms with Crippen LogP contribution in [0.4, 0.5) is 0 Å². The highest BCUT2D eigenvalue weighted by Crippen LogP contribution is 2.13. The minimum atomic E-state index is -0.666. The Morgan fingerprint density at radius 3 is 2.37 bits per heavy atom. The second-order valence-corrected chi connectivity index (χ2v) is 6.62. The van der Waals surface area contributed by atoms with Crippen molar-refractivity contribution >= 4 is 11.8 Å². The van der Waals surface area contributed by atoms with Crippen LogP contribution in [-0.4, -0.2) is 29.4 Å². The second kappa shape index (κ2) is 9.21. The van der Waals surface area contributed by atoms with Gasteiger partial charge in [-0.2, -0.15) is 0 Å². The Bertz CT molecular complexity index is 762. The summed E-state index contributed by atoms with van der Waals surface area (Å²) in [4.78, 5) is 29.3. The molecule has 1 heterocycles. The summed E-state index contributed by atoms with van der Waals surface area (Å²) < 4.78 is 10.8. The van der Waals surface area contributed by atoms with Crippen LogP contribution in [0.2, 0.25) is 0 Å². The number of hydrogen-bond donors (Lipinski definition) is 2. The molecule has 146 valence electrons. The number of nitrogens with one attached hydrogen (secondary N) is 2. The number of carbonyl (C=O) groups excluding carboxylic acids is 2. The predicted octanol–water partition coefficient (Wildman–Crippen LogP) is 2.76. The van der Waals surface area contributed by atoms with Gasteiger partial charge in [0.1, 0.15) is 17.6 Å². The van der Waals surface area contributed by atoms with Gasteiger partial charge in [-0.25, -0.2) is 4.98 Å². The van der Waals surface area contributed by atoms with Crippen LogP contribution in [0.3, 0.4) is 0 Å². The Morgan fingerprint density at radius 2 is 1.85 bits per heavy atom. The predicted molar refractivity (Wildman–Crippen MR) is 102 cm³/mol. The van der Waals surface area contributed by atoms with Gasteiger partial charge in [-0.1, -0.05) is 13.8 Å². The van der Waals surface area contributed by atoms with Crippen LogP contribution in [0.15, 0.2) is 28.7 Å². The van der Waals surface area contributed by atoms with E-state index in [1.807, 2.05) is 34.6 Å². The van der Waals surface area contributed by atoms with E-state index in [4.69, 9.17) is 9.15 Å². The fraction of sp³-hybridized carbons (Fsp3) is 0.450. The molecule has 0 aliphatic rings. The zero-order valence-electron chi connectivity index (χ0n) is 16.5. The Hall–Kier alpha value is -2.83. The van der Waals surface area contributed by atoms with Gasteiger partial charge < -0.3 is 19.8 Å². The van der Waals surface area contributed by atoms with E-state index in [-0.39, 0.29) is 24.3 Å². The third-order valence-corrected chi connectivity index (χ3v) is 4.15. The van der Waals surface area contributed by atoms with E-state index in [0.717, 1.165) is 11.5 Å². The van der Waals surface area contributed by atoms with Crippen LogP contribution >= 0.6 is 0 Å². The van der Waals surface area contributed by atoms with Gasteiger partial charge in [0, 0.05) is 5.56 Å². The van der Waals surface area contributed by atoms with Gasteiger partial charge in [-0.05, 0) is 51.0 Å². The number of amides is 2. The molecule has 2 amide bonds. The summed E-state index contributed by atoms with van der Waals surface area (Å²) in [6.45, 7) is 10.1. The van der Waals surface area contributed by atoms with Crippen molar-refractivity contribution < 1.29 is 18.7 Å². The molecule has 7 nitrogen and oxygen atoms in total. The van der Waals surface area contributed by atoms with E-state index in [1.165, 1.54) is 0 Å². The van der Waals surface area contributed by atoms with Crippen LogP contribution in [0, 0.1) is 19.8 Å². The molecular weight excluding hydrogens is 346 g/mol. The van der Waals surface area contributed by atoms with Crippen LogP contribution in [0.25, 0.3) is 0 Å². The van der Waals surface area contributed by atoms with Gasteiger partial charge in [0.25, 0.3) is 5.91 Å². The van der Waals surface area contributed by atoms with Gasteiger partial charge in [-0.3, -0.25) is 9.59 Å². The van der Waals surface area contributed by atoms with E-state index >= 15 is 0 Å². The lowest BCUT2D eigenvalue weighted by molar-refractivity contribution is -0.124. The van der Waals surface area contributed by atoms with Crippen molar-refractivity contribution in [3.05, 3.63) is 47.2 Å². The summed E-state index contributed by atoms with van der Waals surface area (Å²) in [5.41, 5.74) is 1.26. The number of benzene rings is 1. The number of carbonyl (C=O) groups is 2. The minimum absolute atomic E-state index is 0.0790. The van der Waals surface area contributed by atoms with E-state index in [0.29, 0.717) is 23.8 Å². The summed E-state index contributed by atoms with van der Waals surface area (Å²) in [6, 6.07) is 6.15. The molecule has 0 fully saturated rings. The van der Waals surface area contributed by atoms with Gasteiger partial charge in [0.05, 0.1) is 18.8 Å². The van der Waals surface area contributed by atoms with Crippen LogP contribution in [0.5, 0.6) is 5.75 Å². The molecule has 2 rings (SSSR count). The van der Waals surface area contributed by atoms with Crippen molar-refractivity contribution in [3.63, 3.8) is 0 Å². The summed E-state index contributed by atoms with van der Waals surface area (Å²) in [5, 5.41) is 5.57. The zero-order chi connectivity index (χ0) is 20.0. The lowest BCUT2D eigenvalue weighted by Crippen LogP contribution is -2.49. The molecule has 1 unspecified atom stereocenters. The Kier molecular flexibility index (Phi) is 6.98. The van der Waals surface area contributed by atoms with Crippen molar-refractivity contribution in [2.24, 2.45) is 5.92 Å². The normalized spacial score (nSPS) is 11.9. The van der Waals surface area contributed by atoms with E-state index in [9.17, 15) is 9.59 Å². The zero-order valence-corrected chi connectivity index (χ0v) is 16.5. The molecule has 0 saturated heterocycles. The SMILES string of the molecule is CCOc1ccc(C(=O)NC(C(=O)NCc2nc(C)c(C)o2)C(C)C)cc1. The third-order valence-electron chi connectivity index (χ3n) is 4.15. The van der Waals surface area contributed by atoms with Crippen molar-refractivity contribution in [1.82, 2.24) is 15.6 Å². The summed E-state index contributed by atoms with van der Waals surface area (Å²) >= 11 is 0. The fourth-order valence-corrected chi connectivity index (χ4v) is 2.52. The van der Waals surface area contributed by atoms with E-state index < -0.39 is 6.04 Å². The molecule has 1 aromatic carbocycles. The monoisotopic (exact) mass is 373 g/mol. The molecule has 0 bridgehead atoms. The van der Waals surface area contributed by atoms with Gasteiger partial charge in [0.2, 0.25) is 11.8 Å². The summed E-state index contributed by atoms with van der Waals surface area (Å²) in [5.74, 6) is 1.20. The van der Waals surface area contributed by atoms with Crippen LogP contribution < -0.4 is 15.4 Å². The lowest BCUT2D eigenvalue weighted by Gasteiger charge is -2.21. The molecule has 1 aromatic heterocycles. The number of hydrogen-bond acceptors (Lipinski definition) is 5. The molecule has 2 aromatic rings. The smallest absolute Gasteiger partial charge is 0.251 e. The number of aryl methyl sites for hydroxylation is 2. The highest BCUT2D eigenvalue weighted by molar-refractivity contribution is 5.97. The van der Waals surface area contributed by atoms with Gasteiger partial charge in [-0.15, -0.1) is 0 Å². The molecule has 0 aliphatic carbocycles. The van der Waals surface area contributed by atoms with Crippen molar-refractivity contribution in [3.8, 4) is 5.75 Å². The highest BCUT2D eigenvalue weighted by atomic mass is 16.5. The van der Waals surface area contributed by atoms with Crippen molar-refractivity contribution in [1.29, 1.82) is 0 Å². The molecule has 27 heavy (non-hydrogen) atoms. The van der Waals surface area contributed by atoms with Crippen molar-refractivity contribution in [2.45, 2.75) is 47.2 Å². The molecule has 0 aliphatic heterocycles. The summed E-state index contributed by atoms with van der Waals surface area (Å²) in [6.07, 6.45) is 0. The number of rotatable bonds is 8. The van der Waals surface area contributed by atoms with E-state index in [1.54, 1.807) is 24.3 Å². The maximum atomic E-state index is 12.5. The first-order valence-corrected chi connectivity index (χ1v) is 9.06. The molecule has 0 spiro atoms. The largest absolute Gasteiger partial charge is 0.494 e. The fourth-order valence-electron chi connectivity index (χ4n) is 2.52.